The van der Waals surface area contributed by atoms with Gasteiger partial charge in [-0.05, 0) is 85.7 Å². The summed E-state index contributed by atoms with van der Waals surface area (Å²) in [5.41, 5.74) is 3.36. The Bertz CT molecular complexity index is 1130. The molecule has 3 aromatic carbocycles. The fourth-order valence-corrected chi connectivity index (χ4v) is 4.31. The largest absolute Gasteiger partial charge is 0.486 e. The van der Waals surface area contributed by atoms with Crippen molar-refractivity contribution in [3.8, 4) is 17.2 Å². The summed E-state index contributed by atoms with van der Waals surface area (Å²) >= 11 is 0. The van der Waals surface area contributed by atoms with Crippen molar-refractivity contribution in [1.82, 2.24) is 4.90 Å². The van der Waals surface area contributed by atoms with Crippen molar-refractivity contribution in [3.63, 3.8) is 0 Å². The summed E-state index contributed by atoms with van der Waals surface area (Å²) in [4.78, 5) is 13.6. The van der Waals surface area contributed by atoms with Crippen molar-refractivity contribution in [2.24, 2.45) is 0 Å². The van der Waals surface area contributed by atoms with Gasteiger partial charge in [0.15, 0.2) is 0 Å². The van der Waals surface area contributed by atoms with Crippen LogP contribution < -0.4 is 9.47 Å². The zero-order valence-corrected chi connectivity index (χ0v) is 18.3. The first-order chi connectivity index (χ1) is 15.5. The number of rotatable bonds is 6. The average molecular weight is 432 g/mol. The number of nitrogens with zero attached hydrogens (tertiary/aromatic N) is 1. The minimum atomic E-state index is -0.333. The fourth-order valence-electron chi connectivity index (χ4n) is 4.31. The van der Waals surface area contributed by atoms with Crippen LogP contribution in [-0.4, -0.2) is 24.9 Å². The zero-order valence-electron chi connectivity index (χ0n) is 18.3. The van der Waals surface area contributed by atoms with Gasteiger partial charge in [-0.3, -0.25) is 4.79 Å². The second kappa shape index (κ2) is 8.30. The van der Waals surface area contributed by atoms with E-state index in [2.05, 4.69) is 12.1 Å². The summed E-state index contributed by atoms with van der Waals surface area (Å²) in [6.45, 7) is 0. The first-order valence-corrected chi connectivity index (χ1v) is 11.1. The van der Waals surface area contributed by atoms with Gasteiger partial charge in [0.05, 0.1) is 0 Å². The smallest absolute Gasteiger partial charge is 0.253 e. The number of carbonyl (C=O) groups excluding carboxylic acids is 1. The highest BCUT2D eigenvalue weighted by Crippen LogP contribution is 2.43. The van der Waals surface area contributed by atoms with Gasteiger partial charge in [-0.1, -0.05) is 12.1 Å². The topological polar surface area (TPSA) is 38.8 Å². The van der Waals surface area contributed by atoms with E-state index >= 15 is 0 Å². The maximum absolute atomic E-state index is 14.8. The Balaban J connectivity index is 1.34. The van der Waals surface area contributed by atoms with E-state index in [9.17, 15) is 9.18 Å². The molecule has 0 aromatic heterocycles. The van der Waals surface area contributed by atoms with Crippen LogP contribution >= 0.6 is 0 Å². The number of halogens is 1. The number of hydrogen-bond donors (Lipinski definition) is 0. The first kappa shape index (κ1) is 20.6. The van der Waals surface area contributed by atoms with E-state index < -0.39 is 0 Å². The lowest BCUT2D eigenvalue weighted by atomic mass is 10.1. The van der Waals surface area contributed by atoms with Gasteiger partial charge in [-0.25, -0.2) is 4.39 Å². The summed E-state index contributed by atoms with van der Waals surface area (Å²) in [5, 5.41) is 0. The maximum atomic E-state index is 14.8. The molecule has 0 bridgehead atoms. The number of benzene rings is 3. The van der Waals surface area contributed by atoms with Gasteiger partial charge in [0, 0.05) is 30.8 Å². The van der Waals surface area contributed by atoms with Crippen LogP contribution in [0, 0.1) is 5.82 Å². The lowest BCUT2D eigenvalue weighted by molar-refractivity contribution is 0.0827. The molecule has 0 spiro atoms. The van der Waals surface area contributed by atoms with Gasteiger partial charge in [0.25, 0.3) is 5.91 Å². The number of hydrogen-bond acceptors (Lipinski definition) is 3. The molecule has 1 saturated carbocycles. The third-order valence-corrected chi connectivity index (χ3v) is 6.18. The highest BCUT2D eigenvalue weighted by atomic mass is 19.1. The van der Waals surface area contributed by atoms with Gasteiger partial charge >= 0.3 is 0 Å². The molecule has 0 aliphatic heterocycles. The second-order valence-corrected chi connectivity index (χ2v) is 8.75. The molecule has 1 amide bonds. The molecule has 32 heavy (non-hydrogen) atoms. The van der Waals surface area contributed by atoms with Crippen molar-refractivity contribution in [3.05, 3.63) is 88.7 Å². The van der Waals surface area contributed by atoms with Crippen molar-refractivity contribution in [2.75, 3.05) is 14.1 Å². The van der Waals surface area contributed by atoms with Gasteiger partial charge in [0.1, 0.15) is 29.2 Å². The summed E-state index contributed by atoms with van der Waals surface area (Å²) < 4.78 is 27.0. The van der Waals surface area contributed by atoms with E-state index in [0.29, 0.717) is 41.4 Å². The second-order valence-electron chi connectivity index (χ2n) is 8.75. The molecule has 0 saturated heterocycles. The lowest BCUT2D eigenvalue weighted by Crippen LogP contribution is -2.21. The molecule has 4 nitrogen and oxygen atoms in total. The molecule has 3 aromatic rings. The van der Waals surface area contributed by atoms with E-state index in [4.69, 9.17) is 9.47 Å². The third-order valence-electron chi connectivity index (χ3n) is 6.18. The molecule has 5 heteroatoms. The Morgan fingerprint density at radius 1 is 0.906 bits per heavy atom. The highest BCUT2D eigenvalue weighted by molar-refractivity contribution is 5.93. The summed E-state index contributed by atoms with van der Waals surface area (Å²) in [6, 6.07) is 18.3. The van der Waals surface area contributed by atoms with E-state index in [1.165, 1.54) is 29.4 Å². The molecule has 1 fully saturated rings. The number of amides is 1. The van der Waals surface area contributed by atoms with Gasteiger partial charge in [-0.2, -0.15) is 0 Å². The molecular weight excluding hydrogens is 405 g/mol. The molecular formula is C27H26FNO3. The van der Waals surface area contributed by atoms with Crippen LogP contribution in [0.2, 0.25) is 0 Å². The van der Waals surface area contributed by atoms with Gasteiger partial charge < -0.3 is 14.4 Å². The SMILES string of the molecule is CN(C)C(=O)c1ccc(Oc2ccc(F)c3c2CCC3Oc2ccc(C3CC3)cc2)cc1. The van der Waals surface area contributed by atoms with E-state index in [1.807, 2.05) is 12.1 Å². The number of carbonyl (C=O) groups is 1. The summed E-state index contributed by atoms with van der Waals surface area (Å²) in [7, 11) is 3.43. The Hall–Kier alpha value is -3.34. The van der Waals surface area contributed by atoms with Gasteiger partial charge in [-0.15, -0.1) is 0 Å². The minimum Gasteiger partial charge on any atom is -0.486 e. The Morgan fingerprint density at radius 3 is 2.25 bits per heavy atom. The lowest BCUT2D eigenvalue weighted by Gasteiger charge is -2.17. The van der Waals surface area contributed by atoms with E-state index in [0.717, 1.165) is 11.3 Å². The zero-order chi connectivity index (χ0) is 22.2. The number of ether oxygens (including phenoxy) is 2. The summed E-state index contributed by atoms with van der Waals surface area (Å²) in [6.07, 6.45) is 3.58. The van der Waals surface area contributed by atoms with Crippen LogP contribution in [0.25, 0.3) is 0 Å². The minimum absolute atomic E-state index is 0.0654. The van der Waals surface area contributed by atoms with Crippen LogP contribution in [0.5, 0.6) is 17.2 Å². The van der Waals surface area contributed by atoms with Crippen LogP contribution in [0.15, 0.2) is 60.7 Å². The molecule has 5 rings (SSSR count). The van der Waals surface area contributed by atoms with Crippen molar-refractivity contribution in [1.29, 1.82) is 0 Å². The molecule has 2 aliphatic rings. The van der Waals surface area contributed by atoms with Crippen molar-refractivity contribution >= 4 is 5.91 Å². The van der Waals surface area contributed by atoms with E-state index in [1.54, 1.807) is 44.4 Å². The molecule has 2 aliphatic carbocycles. The summed E-state index contributed by atoms with van der Waals surface area (Å²) in [5.74, 6) is 2.36. The molecule has 0 N–H and O–H groups in total. The maximum Gasteiger partial charge on any atom is 0.253 e. The number of fused-ring (bicyclic) bond motifs is 1. The quantitative estimate of drug-likeness (QED) is 0.462. The Kier molecular flexibility index (Phi) is 5.33. The Morgan fingerprint density at radius 2 is 1.59 bits per heavy atom. The standard InChI is InChI=1S/C27H26FNO3/c1-29(2)27(30)19-7-11-20(12-8-19)31-24-16-14-23(28)26-22(24)13-15-25(26)32-21-9-5-18(6-10-21)17-3-4-17/h5-12,14,16-17,25H,3-4,13,15H2,1-2H3. The molecule has 164 valence electrons. The van der Waals surface area contributed by atoms with Gasteiger partial charge in [0.2, 0.25) is 0 Å². The third kappa shape index (κ3) is 4.07. The van der Waals surface area contributed by atoms with E-state index in [-0.39, 0.29) is 17.8 Å². The predicted molar refractivity (Wildman–Crippen MR) is 121 cm³/mol. The van der Waals surface area contributed by atoms with Crippen LogP contribution in [0.4, 0.5) is 4.39 Å². The normalized spacial score (nSPS) is 17.0. The van der Waals surface area contributed by atoms with Crippen molar-refractivity contribution in [2.45, 2.75) is 37.7 Å². The van der Waals surface area contributed by atoms with Crippen LogP contribution in [-0.2, 0) is 6.42 Å². The molecule has 0 heterocycles. The first-order valence-electron chi connectivity index (χ1n) is 11.1. The van der Waals surface area contributed by atoms with Crippen LogP contribution in [0.1, 0.15) is 58.3 Å². The molecule has 0 radical (unpaired) electrons. The predicted octanol–water partition coefficient (Wildman–Crippen LogP) is 6.26. The van der Waals surface area contributed by atoms with Crippen LogP contribution in [0.3, 0.4) is 0 Å². The molecule has 1 unspecified atom stereocenters. The van der Waals surface area contributed by atoms with Crippen molar-refractivity contribution < 1.29 is 18.7 Å². The Labute approximate surface area is 187 Å². The fraction of sp³-hybridized carbons (Fsp3) is 0.296. The average Bonchev–Trinajstić information content (AvgIpc) is 3.56. The highest BCUT2D eigenvalue weighted by Gasteiger charge is 2.31. The molecule has 1 atom stereocenters. The monoisotopic (exact) mass is 431 g/mol.